The van der Waals surface area contributed by atoms with Gasteiger partial charge >= 0.3 is 0 Å². The standard InChI is InChI=1S/C25H31O3.Y/c1-4-19-6-5-7-20(14-19)15-21-8-9-25(27)24(21)16-28-22-12-17(2)23(10-11-26)18(3)13-22;/h5-7,12-14,21,24,26H,1,4,8-11,15-16H2,2-3H3;/q-1;/t21-,24-;/m1./s1. The zero-order valence-corrected chi connectivity index (χ0v) is 20.5. The van der Waals surface area contributed by atoms with Gasteiger partial charge in [0.25, 0.3) is 0 Å². The van der Waals surface area contributed by atoms with Gasteiger partial charge in [0.05, 0.1) is 12.5 Å². The molecule has 29 heavy (non-hydrogen) atoms. The fraction of sp³-hybridized carbons (Fsp3) is 0.440. The predicted molar refractivity (Wildman–Crippen MR) is 113 cm³/mol. The summed E-state index contributed by atoms with van der Waals surface area (Å²) in [4.78, 5) is 12.5. The number of ketones is 1. The molecule has 1 aliphatic carbocycles. The maximum absolute atomic E-state index is 12.5. The van der Waals surface area contributed by atoms with E-state index >= 15 is 0 Å². The second-order valence-electron chi connectivity index (χ2n) is 7.97. The van der Waals surface area contributed by atoms with Crippen molar-refractivity contribution in [3.05, 3.63) is 71.1 Å². The van der Waals surface area contributed by atoms with Crippen LogP contribution in [0, 0.1) is 32.6 Å². The summed E-state index contributed by atoms with van der Waals surface area (Å²) in [5.41, 5.74) is 5.95. The molecule has 0 spiro atoms. The first-order chi connectivity index (χ1) is 13.5. The molecule has 1 saturated carbocycles. The van der Waals surface area contributed by atoms with E-state index in [-0.39, 0.29) is 45.2 Å². The minimum atomic E-state index is -0.0406. The van der Waals surface area contributed by atoms with E-state index in [4.69, 9.17) is 4.74 Å². The summed E-state index contributed by atoms with van der Waals surface area (Å²) in [7, 11) is 0. The second-order valence-corrected chi connectivity index (χ2v) is 7.97. The average molecular weight is 468 g/mol. The fourth-order valence-electron chi connectivity index (χ4n) is 4.39. The third kappa shape index (κ3) is 6.23. The van der Waals surface area contributed by atoms with Crippen LogP contribution in [0.2, 0.25) is 0 Å². The maximum atomic E-state index is 12.5. The third-order valence-electron chi connectivity index (χ3n) is 5.98. The zero-order valence-electron chi connectivity index (χ0n) is 17.6. The van der Waals surface area contributed by atoms with Gasteiger partial charge in [0, 0.05) is 45.7 Å². The maximum Gasteiger partial charge on any atom is 0.139 e. The first-order valence-electron chi connectivity index (χ1n) is 10.3. The van der Waals surface area contributed by atoms with Crippen LogP contribution in [0.3, 0.4) is 0 Å². The molecule has 0 aromatic heterocycles. The Morgan fingerprint density at radius 3 is 2.48 bits per heavy atom. The molecule has 0 unspecified atom stereocenters. The van der Waals surface area contributed by atoms with Crippen LogP contribution in [0.25, 0.3) is 0 Å². The van der Waals surface area contributed by atoms with Gasteiger partial charge in [-0.3, -0.25) is 4.79 Å². The van der Waals surface area contributed by atoms with E-state index in [2.05, 4.69) is 31.2 Å². The Morgan fingerprint density at radius 1 is 1.14 bits per heavy atom. The molecular weight excluding hydrogens is 437 g/mol. The molecular formula is C25H31O3Y-. The van der Waals surface area contributed by atoms with E-state index in [1.54, 1.807) is 0 Å². The van der Waals surface area contributed by atoms with E-state index in [0.29, 0.717) is 31.1 Å². The molecule has 2 atom stereocenters. The normalized spacial score (nSPS) is 18.6. The number of aliphatic hydroxyl groups excluding tert-OH is 1. The monoisotopic (exact) mass is 468 g/mol. The molecule has 0 aliphatic heterocycles. The van der Waals surface area contributed by atoms with Gasteiger partial charge in [-0.1, -0.05) is 29.8 Å². The average Bonchev–Trinajstić information content (AvgIpc) is 3.02. The molecule has 153 valence electrons. The van der Waals surface area contributed by atoms with Gasteiger partial charge in [-0.25, -0.2) is 0 Å². The minimum absolute atomic E-state index is 0. The molecule has 3 nitrogen and oxygen atoms in total. The van der Waals surface area contributed by atoms with Gasteiger partial charge in [0.2, 0.25) is 0 Å². The summed E-state index contributed by atoms with van der Waals surface area (Å²) < 4.78 is 6.07. The van der Waals surface area contributed by atoms with Crippen LogP contribution in [0.1, 0.15) is 40.7 Å². The van der Waals surface area contributed by atoms with Crippen molar-refractivity contribution in [2.24, 2.45) is 11.8 Å². The van der Waals surface area contributed by atoms with Crippen LogP contribution in [0.5, 0.6) is 5.75 Å². The van der Waals surface area contributed by atoms with Gasteiger partial charge in [-0.15, -0.1) is 0 Å². The molecule has 0 bridgehead atoms. The smallest absolute Gasteiger partial charge is 0.139 e. The van der Waals surface area contributed by atoms with Crippen molar-refractivity contribution in [1.29, 1.82) is 0 Å². The van der Waals surface area contributed by atoms with Crippen molar-refractivity contribution in [1.82, 2.24) is 0 Å². The molecule has 0 saturated heterocycles. The van der Waals surface area contributed by atoms with Gasteiger partial charge < -0.3 is 16.8 Å². The number of hydrogen-bond acceptors (Lipinski definition) is 3. The van der Waals surface area contributed by atoms with Crippen molar-refractivity contribution in [3.63, 3.8) is 0 Å². The Balaban J connectivity index is 0.00000300. The fourth-order valence-corrected chi connectivity index (χ4v) is 4.39. The number of carbonyl (C=O) groups is 1. The van der Waals surface area contributed by atoms with E-state index in [1.165, 1.54) is 16.7 Å². The summed E-state index contributed by atoms with van der Waals surface area (Å²) in [5.74, 6) is 1.43. The third-order valence-corrected chi connectivity index (χ3v) is 5.98. The topological polar surface area (TPSA) is 46.5 Å². The van der Waals surface area contributed by atoms with Crippen LogP contribution < -0.4 is 4.74 Å². The van der Waals surface area contributed by atoms with E-state index < -0.39 is 0 Å². The molecule has 3 rings (SSSR count). The molecule has 0 amide bonds. The van der Waals surface area contributed by atoms with Crippen LogP contribution in [0.4, 0.5) is 0 Å². The minimum Gasteiger partial charge on any atom is -0.493 e. The van der Waals surface area contributed by atoms with Crippen LogP contribution in [-0.2, 0) is 56.8 Å². The summed E-state index contributed by atoms with van der Waals surface area (Å²) in [6.45, 7) is 8.64. The van der Waals surface area contributed by atoms with Gasteiger partial charge in [-0.2, -0.15) is 6.42 Å². The van der Waals surface area contributed by atoms with Crippen LogP contribution in [-0.4, -0.2) is 24.1 Å². The number of rotatable bonds is 8. The molecule has 4 heteroatoms. The summed E-state index contributed by atoms with van der Waals surface area (Å²) in [5, 5.41) is 9.22. The first-order valence-corrected chi connectivity index (χ1v) is 10.3. The van der Waals surface area contributed by atoms with Crippen molar-refractivity contribution in [2.45, 2.75) is 46.0 Å². The number of aryl methyl sites for hydroxylation is 2. The number of Topliss-reactive ketones (excluding diaryl/α,β-unsaturated/α-hetero) is 1. The van der Waals surface area contributed by atoms with E-state index in [0.717, 1.165) is 36.1 Å². The second kappa shape index (κ2) is 11.4. The van der Waals surface area contributed by atoms with Gasteiger partial charge in [-0.05, 0) is 73.4 Å². The Labute approximate surface area is 200 Å². The summed E-state index contributed by atoms with van der Waals surface area (Å²) >= 11 is 0. The molecule has 1 fully saturated rings. The molecule has 2 aromatic carbocycles. The van der Waals surface area contributed by atoms with Crippen molar-refractivity contribution in [3.8, 4) is 5.75 Å². The van der Waals surface area contributed by atoms with Crippen molar-refractivity contribution in [2.75, 3.05) is 13.2 Å². The molecule has 2 aromatic rings. The van der Waals surface area contributed by atoms with Crippen molar-refractivity contribution >= 4 is 5.78 Å². The zero-order chi connectivity index (χ0) is 20.1. The van der Waals surface area contributed by atoms with E-state index in [1.807, 2.05) is 26.0 Å². The molecule has 1 radical (unpaired) electrons. The quantitative estimate of drug-likeness (QED) is 0.584. The number of carbonyl (C=O) groups excluding carboxylic acids is 1. The number of aliphatic hydroxyl groups is 1. The Bertz CT molecular complexity index is 808. The van der Waals surface area contributed by atoms with Crippen molar-refractivity contribution < 1.29 is 47.3 Å². The molecule has 0 heterocycles. The molecule has 1 aliphatic rings. The van der Waals surface area contributed by atoms with Crippen LogP contribution in [0.15, 0.2) is 36.4 Å². The van der Waals surface area contributed by atoms with E-state index in [9.17, 15) is 9.90 Å². The van der Waals surface area contributed by atoms with Gasteiger partial charge in [0.1, 0.15) is 11.5 Å². The number of benzene rings is 2. The SMILES string of the molecule is [CH2-]Cc1cccc(C[C@H]2CCC(=O)[C@@H]2COc2cc(C)c(CCO)c(C)c2)c1.[Y]. The Kier molecular flexibility index (Phi) is 9.52. The summed E-state index contributed by atoms with van der Waals surface area (Å²) in [6.07, 6.45) is 3.96. The molecule has 1 N–H and O–H groups in total. The number of ether oxygens (including phenoxy) is 1. The Morgan fingerprint density at radius 2 is 1.83 bits per heavy atom. The van der Waals surface area contributed by atoms with Gasteiger partial charge in [0.15, 0.2) is 0 Å². The summed E-state index contributed by atoms with van der Waals surface area (Å²) in [6, 6.07) is 12.6. The number of hydrogen-bond donors (Lipinski definition) is 1. The first kappa shape index (κ1) is 24.2. The largest absolute Gasteiger partial charge is 0.493 e. The van der Waals surface area contributed by atoms with Crippen LogP contribution >= 0.6 is 0 Å². The predicted octanol–water partition coefficient (Wildman–Crippen LogP) is 4.43. The Hall–Kier alpha value is -1.03.